The van der Waals surface area contributed by atoms with Gasteiger partial charge in [-0.25, -0.2) is 29.9 Å². The fourth-order valence-corrected chi connectivity index (χ4v) is 12.5. The van der Waals surface area contributed by atoms with E-state index in [-0.39, 0.29) is 171 Å². The van der Waals surface area contributed by atoms with Crippen molar-refractivity contribution in [3.8, 4) is 51.7 Å². The zero-order chi connectivity index (χ0) is 94.0. The number of aromatic amines is 1. The molecule has 0 spiro atoms. The van der Waals surface area contributed by atoms with E-state index in [1.807, 2.05) is 25.1 Å². The summed E-state index contributed by atoms with van der Waals surface area (Å²) in [5.41, 5.74) is 37.7. The van der Waals surface area contributed by atoms with E-state index in [2.05, 4.69) is 145 Å². The highest BCUT2D eigenvalue weighted by atomic mass is 32.1. The number of rotatable bonds is 51. The summed E-state index contributed by atoms with van der Waals surface area (Å²) in [6.07, 6.45) is 26.8. The molecule has 0 saturated heterocycles. The number of methoxy groups -OCH3 is 7. The average Bonchev–Trinajstić information content (AvgIpc) is 0.839. The Labute approximate surface area is 804 Å². The molecule has 6 atom stereocenters. The number of hydrogen-bond donors (Lipinski definition) is 18. The van der Waals surface area contributed by atoms with Crippen LogP contribution in [0.15, 0.2) is 109 Å². The molecule has 0 aliphatic heterocycles. The lowest BCUT2D eigenvalue weighted by atomic mass is 10.0. The molecule has 0 radical (unpaired) electrons. The summed E-state index contributed by atoms with van der Waals surface area (Å²) >= 11 is 0. The molecule has 8 aromatic heterocycles. The fraction of sp³-hybridized carbons (Fsp3) is 0.523. The molecule has 2 unspecified atom stereocenters. The highest BCUT2D eigenvalue weighted by Crippen LogP contribution is 2.34. The van der Waals surface area contributed by atoms with Crippen LogP contribution in [0.2, 0.25) is 0 Å². The number of unbranched alkanes of at least 4 members (excludes halogenated alkanes) is 1. The van der Waals surface area contributed by atoms with E-state index in [4.69, 9.17) is 86.9 Å². The molecule has 0 amide bonds. The molecule has 0 bridgehead atoms. The number of aryl methyl sites for hydroxylation is 1. The van der Waals surface area contributed by atoms with E-state index >= 15 is 0 Å². The van der Waals surface area contributed by atoms with Crippen molar-refractivity contribution in [3.05, 3.63) is 131 Å². The molecular formula is C88H148N24O16S4. The van der Waals surface area contributed by atoms with Crippen molar-refractivity contribution in [2.45, 2.75) is 201 Å². The van der Waals surface area contributed by atoms with Crippen molar-refractivity contribution in [3.63, 3.8) is 0 Å². The van der Waals surface area contributed by atoms with Gasteiger partial charge < -0.3 is 144 Å². The minimum Gasteiger partial charge on any atom is -0.493 e. The number of anilines is 12. The molecule has 0 aliphatic carbocycles. The van der Waals surface area contributed by atoms with E-state index in [0.29, 0.717) is 131 Å². The summed E-state index contributed by atoms with van der Waals surface area (Å²) in [7, 11) is 11.0. The maximum absolute atomic E-state index is 11.8. The van der Waals surface area contributed by atoms with Crippen LogP contribution >= 0.6 is 54.0 Å². The lowest BCUT2D eigenvalue weighted by Crippen LogP contribution is -2.25. The highest BCUT2D eigenvalue weighted by molar-refractivity contribution is 7.59. The summed E-state index contributed by atoms with van der Waals surface area (Å²) < 4.78 is 54.0. The van der Waals surface area contributed by atoms with Crippen LogP contribution in [0.5, 0.6) is 51.7 Å². The van der Waals surface area contributed by atoms with Crippen LogP contribution < -0.4 is 114 Å². The molecule has 132 heavy (non-hydrogen) atoms. The number of pyridine rings is 4. The number of hydrogen-bond acceptors (Lipinski definition) is 39. The van der Waals surface area contributed by atoms with Gasteiger partial charge in [-0.2, -0.15) is 73.9 Å². The summed E-state index contributed by atoms with van der Waals surface area (Å²) in [6, 6.07) is 17.3. The van der Waals surface area contributed by atoms with Gasteiger partial charge in [-0.15, -0.1) is 0 Å². The molecule has 9 aromatic rings. The first-order valence-electron chi connectivity index (χ1n) is 42.9. The molecule has 0 aliphatic rings. The molecule has 9 rings (SSSR count). The number of nitrogens with one attached hydrogen (secondary N) is 7. The van der Waals surface area contributed by atoms with Crippen LogP contribution in [0.1, 0.15) is 162 Å². The zero-order valence-corrected chi connectivity index (χ0v) is 82.6. The minimum absolute atomic E-state index is 0. The van der Waals surface area contributed by atoms with E-state index in [1.54, 1.807) is 78.5 Å². The second-order valence-electron chi connectivity index (χ2n) is 29.4. The minimum atomic E-state index is -0.234. The SMILES string of the molecule is CCC(CO)Nc1nc(N)ncc1OC.CCCC(COC)Nc1cc(N)ncc1OC.CCCC[C@@H](CCO)Nc1nc(N)ncc1OCCCc1ccccc1.CCC[C@@H](CCO)Nc1nc(N)ncc1OCc1[nH]ccc(=O)c1OC.CCC[C@@H](CCO)Nc1nc(N)ncc1OCc1nccc(OC)c1OC.COc1cnc(N)cc1N[C@H](CO)CC(C)C.S.S.S.S. The van der Waals surface area contributed by atoms with Gasteiger partial charge in [-0.3, -0.25) is 9.78 Å². The van der Waals surface area contributed by atoms with Crippen LogP contribution in [0, 0.1) is 5.92 Å². The maximum atomic E-state index is 11.8. The Kier molecular flexibility index (Phi) is 64.7. The Morgan fingerprint density at radius 2 is 0.841 bits per heavy atom. The highest BCUT2D eigenvalue weighted by Gasteiger charge is 2.22. The number of nitrogens with two attached hydrogens (primary N) is 6. The van der Waals surface area contributed by atoms with E-state index in [9.17, 15) is 25.2 Å². The quantitative estimate of drug-likeness (QED) is 0.0157. The Hall–Kier alpha value is -11.1. The normalized spacial score (nSPS) is 11.6. The van der Waals surface area contributed by atoms with Crippen molar-refractivity contribution < 1.29 is 72.9 Å². The van der Waals surface area contributed by atoms with Gasteiger partial charge in [0.25, 0.3) is 0 Å². The molecule has 1 aromatic carbocycles. The van der Waals surface area contributed by atoms with Gasteiger partial charge in [0.05, 0.1) is 129 Å². The van der Waals surface area contributed by atoms with E-state index in [0.717, 1.165) is 94.8 Å². The van der Waals surface area contributed by atoms with E-state index in [1.165, 1.54) is 50.6 Å². The maximum Gasteiger partial charge on any atom is 0.223 e. The molecule has 0 fully saturated rings. The summed E-state index contributed by atoms with van der Waals surface area (Å²) in [5.74, 6) is 8.62. The number of aliphatic hydroxyl groups is 5. The standard InChI is InChI=1S/C20H30N4O2.C18H27N5O4.C17H25N5O4.2C12H21N3O2.C9H16N4O2.4H2S/c1-2-3-11-17(12-13-25)23-19-18(15-22-20(21)24-19)26-14-7-10-16-8-5-4-6-9-16;1-4-5-12(7-9-24)22-17-15(10-21-18(19)23-17)27-11-13-16(26-3)14(25-2)6-8-20-13;1-3-4-11(6-8-23)21-16-14(9-20-17(18)22-16)26-10-12-15(25-2)13(24)5-7-19-12;1-8(2)4-9(7-16)15-10-5-12(13)14-6-11(10)17-3;1-4-5-9(8-16-2)15-10-6-12(13)14-7-11(10)17-3;1-3-6(5-14)12-8-7(15-2)4-11-9(10)13-8;;;;/h4-6,8-9,15,17,25H,2-3,7,10-14H2,1H3,(H3,21,22,23,24);6,8,10,12,24H,4-5,7,9,11H2,1-3H3,(H3,19,21,22,23);5,7,9,11,23H,3-4,6,8,10H2,1-2H3,(H,19,24)(H3,18,20,21,22);5-6,8-9,16H,4,7H2,1-3H3,(H3,13,14,15);6-7,9H,4-5,8H2,1-3H3,(H3,13,14,15);4,6,14H,3,5H2,1-2H3,(H3,10,11,12,13);4*1H2/t17-;12-;11-;9-;;;;;;/m0000....../s1. The number of nitrogens with zero attached hydrogens (tertiary/aromatic N) is 11. The number of aromatic nitrogens is 12. The first-order valence-corrected chi connectivity index (χ1v) is 42.9. The molecule has 740 valence electrons. The van der Waals surface area contributed by atoms with Crippen molar-refractivity contribution in [1.82, 2.24) is 59.8 Å². The Bertz CT molecular complexity index is 4530. The van der Waals surface area contributed by atoms with Crippen LogP contribution in [0.25, 0.3) is 0 Å². The third-order valence-corrected chi connectivity index (χ3v) is 18.9. The van der Waals surface area contributed by atoms with Crippen LogP contribution in [-0.4, -0.2) is 218 Å². The molecule has 40 nitrogen and oxygen atoms in total. The van der Waals surface area contributed by atoms with Crippen molar-refractivity contribution in [2.24, 2.45) is 5.92 Å². The van der Waals surface area contributed by atoms with Gasteiger partial charge in [0, 0.05) is 93.8 Å². The molecule has 44 heteroatoms. The predicted molar refractivity (Wildman–Crippen MR) is 544 cm³/mol. The summed E-state index contributed by atoms with van der Waals surface area (Å²) in [4.78, 5) is 59.5. The lowest BCUT2D eigenvalue weighted by molar-refractivity contribution is 0.182. The second kappa shape index (κ2) is 70.6. The number of aliphatic hydroxyl groups excluding tert-OH is 5. The third kappa shape index (κ3) is 45.4. The number of nitrogen functional groups attached to an aromatic ring is 6. The molecular weight excluding hydrogens is 1780 g/mol. The van der Waals surface area contributed by atoms with Crippen LogP contribution in [0.4, 0.5) is 70.1 Å². The average molecular weight is 1930 g/mol. The molecule has 24 N–H and O–H groups in total. The van der Waals surface area contributed by atoms with Crippen LogP contribution in [0.3, 0.4) is 0 Å². The lowest BCUT2D eigenvalue weighted by Gasteiger charge is -2.21. The Morgan fingerprint density at radius 3 is 1.27 bits per heavy atom. The molecule has 0 saturated carbocycles. The van der Waals surface area contributed by atoms with Crippen molar-refractivity contribution >= 4 is 124 Å². The van der Waals surface area contributed by atoms with Gasteiger partial charge in [-0.05, 0) is 82.1 Å². The summed E-state index contributed by atoms with van der Waals surface area (Å²) in [6.45, 7) is 16.5. The van der Waals surface area contributed by atoms with E-state index < -0.39 is 0 Å². The first kappa shape index (κ1) is 121. The Morgan fingerprint density at radius 1 is 0.417 bits per heavy atom. The number of ether oxygens (including phenoxy) is 10. The zero-order valence-electron chi connectivity index (χ0n) is 78.6. The van der Waals surface area contributed by atoms with Gasteiger partial charge >= 0.3 is 0 Å². The number of benzene rings is 1. The van der Waals surface area contributed by atoms with Gasteiger partial charge in [0.1, 0.15) is 30.5 Å². The topological polar surface area (TPSA) is 596 Å². The smallest absolute Gasteiger partial charge is 0.223 e. The second-order valence-corrected chi connectivity index (χ2v) is 29.4. The largest absolute Gasteiger partial charge is 0.493 e. The van der Waals surface area contributed by atoms with Crippen molar-refractivity contribution in [1.29, 1.82) is 0 Å². The molecule has 8 heterocycles. The van der Waals surface area contributed by atoms with Gasteiger partial charge in [-0.1, -0.05) is 111 Å². The van der Waals surface area contributed by atoms with Gasteiger partial charge in [0.15, 0.2) is 75.0 Å². The predicted octanol–water partition coefficient (Wildman–Crippen LogP) is 10.8. The first-order chi connectivity index (χ1) is 61.9. The Balaban J connectivity index is 0.00000157. The monoisotopic (exact) mass is 1930 g/mol. The number of H-pyrrole nitrogens is 1. The van der Waals surface area contributed by atoms with Crippen LogP contribution in [-0.2, 0) is 24.4 Å². The summed E-state index contributed by atoms with van der Waals surface area (Å²) in [5, 5.41) is 65.7. The third-order valence-electron chi connectivity index (χ3n) is 18.9. The van der Waals surface area contributed by atoms with Gasteiger partial charge in [0.2, 0.25) is 29.2 Å². The fourth-order valence-electron chi connectivity index (χ4n) is 12.5. The van der Waals surface area contributed by atoms with Crippen molar-refractivity contribution in [2.75, 3.05) is 162 Å².